The summed E-state index contributed by atoms with van der Waals surface area (Å²) in [6.45, 7) is 2.24. The standard InChI is InChI=1S/C13H23FO3S/c1-10-7-11-3-2-5-13(8-10,9-11)6-4-12(14)18(15,16)17/h10-12H,2-9H2,1H3,(H,15,16,17). The molecule has 0 radical (unpaired) electrons. The monoisotopic (exact) mass is 278 g/mol. The molecule has 5 heteroatoms. The summed E-state index contributed by atoms with van der Waals surface area (Å²) in [5, 5.41) is 0. The highest BCUT2D eigenvalue weighted by molar-refractivity contribution is 7.86. The molecule has 2 aliphatic carbocycles. The fourth-order valence-corrected chi connectivity index (χ4v) is 4.67. The Balaban J connectivity index is 1.98. The average molecular weight is 278 g/mol. The van der Waals surface area contributed by atoms with Crippen molar-refractivity contribution in [3.63, 3.8) is 0 Å². The van der Waals surface area contributed by atoms with Crippen molar-refractivity contribution in [2.24, 2.45) is 17.3 Å². The van der Waals surface area contributed by atoms with Crippen LogP contribution in [-0.4, -0.2) is 18.5 Å². The van der Waals surface area contributed by atoms with Crippen LogP contribution in [0.3, 0.4) is 0 Å². The first-order chi connectivity index (χ1) is 8.31. The first-order valence-corrected chi connectivity index (χ1v) is 8.41. The molecule has 0 heterocycles. The molecule has 18 heavy (non-hydrogen) atoms. The van der Waals surface area contributed by atoms with Gasteiger partial charge in [0.25, 0.3) is 10.1 Å². The van der Waals surface area contributed by atoms with Gasteiger partial charge in [-0.2, -0.15) is 8.42 Å². The minimum Gasteiger partial charge on any atom is -0.283 e. The zero-order valence-electron chi connectivity index (χ0n) is 10.9. The second-order valence-electron chi connectivity index (χ2n) is 6.47. The number of alkyl halides is 1. The average Bonchev–Trinajstić information content (AvgIpc) is 2.23. The SMILES string of the molecule is CC1CC2CCCC(CCC(F)S(=O)(=O)O)(C1)C2. The lowest BCUT2D eigenvalue weighted by Gasteiger charge is -2.48. The maximum absolute atomic E-state index is 13.3. The van der Waals surface area contributed by atoms with Gasteiger partial charge >= 0.3 is 0 Å². The van der Waals surface area contributed by atoms with E-state index >= 15 is 0 Å². The van der Waals surface area contributed by atoms with Crippen LogP contribution in [0.1, 0.15) is 58.3 Å². The fourth-order valence-electron chi connectivity index (χ4n) is 4.26. The Morgan fingerprint density at radius 1 is 1.44 bits per heavy atom. The lowest BCUT2D eigenvalue weighted by Crippen LogP contribution is -2.37. The van der Waals surface area contributed by atoms with Crippen LogP contribution in [0.4, 0.5) is 4.39 Å². The molecule has 0 saturated heterocycles. The summed E-state index contributed by atoms with van der Waals surface area (Å²) >= 11 is 0. The molecule has 0 aliphatic heterocycles. The molecule has 2 fully saturated rings. The van der Waals surface area contributed by atoms with Gasteiger partial charge in [-0.3, -0.25) is 4.55 Å². The second kappa shape index (κ2) is 5.08. The third-order valence-electron chi connectivity index (χ3n) is 4.78. The zero-order chi connectivity index (χ0) is 13.4. The summed E-state index contributed by atoms with van der Waals surface area (Å²) in [4.78, 5) is 0. The largest absolute Gasteiger partial charge is 0.297 e. The van der Waals surface area contributed by atoms with E-state index in [2.05, 4.69) is 6.92 Å². The van der Waals surface area contributed by atoms with E-state index in [9.17, 15) is 12.8 Å². The van der Waals surface area contributed by atoms with E-state index in [1.165, 1.54) is 19.3 Å². The predicted octanol–water partition coefficient (Wildman–Crippen LogP) is 3.56. The van der Waals surface area contributed by atoms with Crippen LogP contribution in [0.25, 0.3) is 0 Å². The highest BCUT2D eigenvalue weighted by Gasteiger charge is 2.42. The van der Waals surface area contributed by atoms with Crippen LogP contribution in [0.2, 0.25) is 0 Å². The normalized spacial score (nSPS) is 38.4. The molecule has 0 spiro atoms. The smallest absolute Gasteiger partial charge is 0.283 e. The molecule has 3 nitrogen and oxygen atoms in total. The summed E-state index contributed by atoms with van der Waals surface area (Å²) in [5.74, 6) is 1.40. The van der Waals surface area contributed by atoms with Crippen LogP contribution in [0.5, 0.6) is 0 Å². The summed E-state index contributed by atoms with van der Waals surface area (Å²) in [6, 6.07) is 0. The summed E-state index contributed by atoms with van der Waals surface area (Å²) in [6.07, 6.45) is 7.54. The Bertz CT molecular complexity index is 391. The van der Waals surface area contributed by atoms with Gasteiger partial charge in [-0.25, -0.2) is 4.39 Å². The number of fused-ring (bicyclic) bond motifs is 2. The maximum Gasteiger partial charge on any atom is 0.297 e. The second-order valence-corrected chi connectivity index (χ2v) is 8.01. The third-order valence-corrected chi connectivity index (χ3v) is 5.67. The van der Waals surface area contributed by atoms with Gasteiger partial charge in [-0.1, -0.05) is 19.8 Å². The van der Waals surface area contributed by atoms with E-state index in [0.717, 1.165) is 25.2 Å². The first kappa shape index (κ1) is 14.3. The Morgan fingerprint density at radius 3 is 2.83 bits per heavy atom. The summed E-state index contributed by atoms with van der Waals surface area (Å²) < 4.78 is 43.5. The maximum atomic E-state index is 13.3. The van der Waals surface area contributed by atoms with Crippen LogP contribution < -0.4 is 0 Å². The molecule has 0 aromatic heterocycles. The summed E-state index contributed by atoms with van der Waals surface area (Å²) in [7, 11) is -4.51. The lowest BCUT2D eigenvalue weighted by atomic mass is 9.58. The molecule has 2 bridgehead atoms. The van der Waals surface area contributed by atoms with Gasteiger partial charge in [-0.15, -0.1) is 0 Å². The van der Waals surface area contributed by atoms with Crippen molar-refractivity contribution in [2.45, 2.75) is 63.8 Å². The third kappa shape index (κ3) is 3.23. The van der Waals surface area contributed by atoms with Crippen LogP contribution in [0.15, 0.2) is 0 Å². The van der Waals surface area contributed by atoms with Gasteiger partial charge in [0.2, 0.25) is 5.50 Å². The van der Waals surface area contributed by atoms with Crippen molar-refractivity contribution >= 4 is 10.1 Å². The molecule has 0 aromatic carbocycles. The molecule has 0 amide bonds. The van der Waals surface area contributed by atoms with Crippen LogP contribution >= 0.6 is 0 Å². The van der Waals surface area contributed by atoms with Gasteiger partial charge in [-0.05, 0) is 55.8 Å². The van der Waals surface area contributed by atoms with E-state index in [-0.39, 0.29) is 11.8 Å². The van der Waals surface area contributed by atoms with Gasteiger partial charge in [0.05, 0.1) is 0 Å². The van der Waals surface area contributed by atoms with E-state index in [4.69, 9.17) is 4.55 Å². The van der Waals surface area contributed by atoms with Crippen molar-refractivity contribution in [1.82, 2.24) is 0 Å². The lowest BCUT2D eigenvalue weighted by molar-refractivity contribution is 0.0331. The van der Waals surface area contributed by atoms with Gasteiger partial charge in [0.1, 0.15) is 0 Å². The number of hydrogen-bond donors (Lipinski definition) is 1. The van der Waals surface area contributed by atoms with Crippen molar-refractivity contribution in [2.75, 3.05) is 0 Å². The molecule has 0 aromatic rings. The number of hydrogen-bond acceptors (Lipinski definition) is 2. The highest BCUT2D eigenvalue weighted by Crippen LogP contribution is 2.53. The van der Waals surface area contributed by atoms with Gasteiger partial charge < -0.3 is 0 Å². The van der Waals surface area contributed by atoms with E-state index in [0.29, 0.717) is 12.3 Å². The fraction of sp³-hybridized carbons (Fsp3) is 1.00. The molecule has 1 N–H and O–H groups in total. The Labute approximate surface area is 109 Å². The van der Waals surface area contributed by atoms with E-state index in [1.54, 1.807) is 0 Å². The molecule has 2 aliphatic rings. The predicted molar refractivity (Wildman–Crippen MR) is 68.5 cm³/mol. The Hall–Kier alpha value is -0.160. The van der Waals surface area contributed by atoms with Crippen molar-refractivity contribution < 1.29 is 17.4 Å². The number of rotatable bonds is 4. The van der Waals surface area contributed by atoms with Gasteiger partial charge in [0.15, 0.2) is 0 Å². The summed E-state index contributed by atoms with van der Waals surface area (Å²) in [5.41, 5.74) is -1.97. The number of halogens is 1. The minimum absolute atomic E-state index is 0.0573. The van der Waals surface area contributed by atoms with Crippen molar-refractivity contribution in [1.29, 1.82) is 0 Å². The molecular formula is C13H23FO3S. The van der Waals surface area contributed by atoms with Crippen LogP contribution in [0, 0.1) is 17.3 Å². The quantitative estimate of drug-likeness (QED) is 0.800. The van der Waals surface area contributed by atoms with Gasteiger partial charge in [0, 0.05) is 0 Å². The van der Waals surface area contributed by atoms with Crippen molar-refractivity contribution in [3.05, 3.63) is 0 Å². The van der Waals surface area contributed by atoms with Crippen LogP contribution in [-0.2, 0) is 10.1 Å². The zero-order valence-corrected chi connectivity index (χ0v) is 11.8. The van der Waals surface area contributed by atoms with E-state index in [1.807, 2.05) is 0 Å². The minimum atomic E-state index is -4.51. The molecular weight excluding hydrogens is 255 g/mol. The highest BCUT2D eigenvalue weighted by atomic mass is 32.2. The first-order valence-electron chi connectivity index (χ1n) is 6.91. The molecule has 2 saturated carbocycles. The Morgan fingerprint density at radius 2 is 2.17 bits per heavy atom. The molecule has 106 valence electrons. The molecule has 4 unspecified atom stereocenters. The van der Waals surface area contributed by atoms with Crippen molar-refractivity contribution in [3.8, 4) is 0 Å². The molecule has 4 atom stereocenters. The van der Waals surface area contributed by atoms with E-state index < -0.39 is 15.6 Å². The Kier molecular flexibility index (Phi) is 4.02. The topological polar surface area (TPSA) is 54.4 Å². The molecule has 2 rings (SSSR count).